The van der Waals surface area contributed by atoms with E-state index in [9.17, 15) is 33.1 Å². The fraction of sp³-hybridized carbons (Fsp3) is 0.842. The maximum absolute atomic E-state index is 13.1. The van der Waals surface area contributed by atoms with E-state index in [0.29, 0.717) is 42.4 Å². The Morgan fingerprint density at radius 2 is 1.54 bits per heavy atom. The Morgan fingerprint density at radius 3 is 2.25 bits per heavy atom. The first-order chi connectivity index (χ1) is 32.0. The van der Waals surface area contributed by atoms with Crippen LogP contribution in [0.5, 0.6) is 0 Å². The smallest absolute Gasteiger partial charge is 0.387 e. The van der Waals surface area contributed by atoms with E-state index < -0.39 is 56.7 Å². The summed E-state index contributed by atoms with van der Waals surface area (Å²) >= 11 is 0. The largest absolute Gasteiger partial charge is 0.397 e. The van der Waals surface area contributed by atoms with Crippen molar-refractivity contribution in [1.29, 1.82) is 0 Å². The monoisotopic (exact) mass is 977 g/mol. The third-order valence-electron chi connectivity index (χ3n) is 23.2. The molecule has 69 heavy (non-hydrogen) atoms. The number of benzene rings is 1. The number of carbonyl (C=O) groups excluding carboxylic acids is 1. The van der Waals surface area contributed by atoms with Crippen molar-refractivity contribution in [2.45, 2.75) is 231 Å². The van der Waals surface area contributed by atoms with Crippen molar-refractivity contribution in [1.82, 2.24) is 0 Å². The lowest BCUT2D eigenvalue weighted by Gasteiger charge is -2.69. The molecule has 4 heterocycles. The van der Waals surface area contributed by atoms with Crippen molar-refractivity contribution in [3.05, 3.63) is 45.5 Å². The van der Waals surface area contributed by atoms with Crippen molar-refractivity contribution >= 4 is 16.2 Å². The lowest BCUT2D eigenvalue weighted by atomic mass is 9.42. The van der Waals surface area contributed by atoms with Gasteiger partial charge in [-0.05, 0) is 199 Å². The van der Waals surface area contributed by atoms with Crippen LogP contribution in [0.1, 0.15) is 188 Å². The summed E-state index contributed by atoms with van der Waals surface area (Å²) in [5.41, 5.74) is 4.73. The standard InChI is InChI=1S/C57H84O11S/c1-30(37-15-17-40-34-13-14-39-35(33(34)20-22-53(37,40)9)25-43(58)49(60)50(39,3)4)12-19-47-55(11)27-32(52(7,8)68-55)24-44(66-47)31(2)38-16-18-41-36-26-45(67-69(62,63)64)48-51(5,6)57(61)46(59)28-56(48,29-65-57)42(36)21-23-54(38,41)10/h13-14,30-32,37-38,40-41,43-48,58-59,61H,12,15-29H2,1-11H3,(H,62,63,64). The molecule has 0 radical (unpaired) electrons. The van der Waals surface area contributed by atoms with Crippen molar-refractivity contribution < 1.29 is 51.5 Å². The average Bonchev–Trinajstić information content (AvgIpc) is 3.84. The first-order valence-electron chi connectivity index (χ1n) is 27.2. The Hall–Kier alpha value is -1.74. The second-order valence-corrected chi connectivity index (χ2v) is 28.5. The molecule has 1 aromatic carbocycles. The molecule has 384 valence electrons. The molecule has 11 nitrogen and oxygen atoms in total. The van der Waals surface area contributed by atoms with E-state index in [2.05, 4.69) is 60.6 Å². The number of hydrogen-bond acceptors (Lipinski definition) is 10. The van der Waals surface area contributed by atoms with Crippen LogP contribution in [0, 0.1) is 63.1 Å². The molecule has 1 spiro atoms. The molecular formula is C57H84O11S. The molecule has 0 amide bonds. The summed E-state index contributed by atoms with van der Waals surface area (Å²) in [7, 11) is -4.81. The van der Waals surface area contributed by atoms with Gasteiger partial charge in [0.25, 0.3) is 0 Å². The minimum atomic E-state index is -4.81. The maximum Gasteiger partial charge on any atom is 0.397 e. The van der Waals surface area contributed by atoms with Gasteiger partial charge in [0.05, 0.1) is 41.5 Å². The van der Waals surface area contributed by atoms with Crippen LogP contribution in [0.3, 0.4) is 0 Å². The molecule has 3 saturated carbocycles. The number of ketones is 1. The van der Waals surface area contributed by atoms with E-state index in [1.807, 2.05) is 27.7 Å². The van der Waals surface area contributed by atoms with E-state index >= 15 is 0 Å². The molecule has 18 unspecified atom stereocenters. The van der Waals surface area contributed by atoms with Gasteiger partial charge in [-0.1, -0.05) is 64.8 Å². The highest BCUT2D eigenvalue weighted by Gasteiger charge is 2.74. The van der Waals surface area contributed by atoms with Gasteiger partial charge in [-0.3, -0.25) is 9.35 Å². The first kappa shape index (κ1) is 49.5. The van der Waals surface area contributed by atoms with Crippen LogP contribution < -0.4 is 0 Å². The topological polar surface area (TPSA) is 169 Å². The zero-order valence-electron chi connectivity index (χ0n) is 43.5. The van der Waals surface area contributed by atoms with Gasteiger partial charge in [0.15, 0.2) is 11.6 Å². The molecular weight excluding hydrogens is 893 g/mol. The molecule has 4 saturated heterocycles. The Bertz CT molecular complexity index is 2440. The molecule has 1 aromatic rings. The van der Waals surface area contributed by atoms with Crippen LogP contribution in [0.15, 0.2) is 23.3 Å². The zero-order chi connectivity index (χ0) is 49.6. The second-order valence-electron chi connectivity index (χ2n) is 27.4. The number of aliphatic hydroxyl groups is 3. The van der Waals surface area contributed by atoms with Crippen molar-refractivity contribution in [2.24, 2.45) is 63.1 Å². The number of carbonyl (C=O) groups is 1. The van der Waals surface area contributed by atoms with Crippen LogP contribution in [-0.4, -0.2) is 88.2 Å². The molecule has 12 heteroatoms. The summed E-state index contributed by atoms with van der Waals surface area (Å²) in [5.74, 6) is 0.382. The molecule has 11 aliphatic rings. The predicted molar refractivity (Wildman–Crippen MR) is 261 cm³/mol. The predicted octanol–water partition coefficient (Wildman–Crippen LogP) is 9.51. The molecule has 12 rings (SSSR count). The van der Waals surface area contributed by atoms with E-state index in [-0.39, 0.29) is 64.9 Å². The molecule has 4 aliphatic heterocycles. The van der Waals surface area contributed by atoms with Crippen LogP contribution >= 0.6 is 0 Å². The summed E-state index contributed by atoms with van der Waals surface area (Å²) in [6, 6.07) is 4.56. The van der Waals surface area contributed by atoms with Crippen LogP contribution in [0.25, 0.3) is 0 Å². The minimum Gasteiger partial charge on any atom is -0.387 e. The summed E-state index contributed by atoms with van der Waals surface area (Å²) in [4.78, 5) is 13.1. The number of fused-ring (bicyclic) bond motifs is 11. The number of ether oxygens (including phenoxy) is 3. The van der Waals surface area contributed by atoms with E-state index in [1.165, 1.54) is 40.7 Å². The van der Waals surface area contributed by atoms with Gasteiger partial charge in [0, 0.05) is 23.2 Å². The fourth-order valence-electron chi connectivity index (χ4n) is 19.8. The molecule has 0 aromatic heterocycles. The third-order valence-corrected chi connectivity index (χ3v) is 23.7. The van der Waals surface area contributed by atoms with Crippen molar-refractivity contribution in [2.75, 3.05) is 6.61 Å². The highest BCUT2D eigenvalue weighted by Crippen LogP contribution is 2.72. The van der Waals surface area contributed by atoms with Gasteiger partial charge < -0.3 is 29.5 Å². The number of hydrogen-bond donors (Lipinski definition) is 4. The second kappa shape index (κ2) is 15.7. The molecule has 18 atom stereocenters. The van der Waals surface area contributed by atoms with Crippen molar-refractivity contribution in [3.63, 3.8) is 0 Å². The van der Waals surface area contributed by atoms with E-state index in [1.54, 1.807) is 0 Å². The highest BCUT2D eigenvalue weighted by atomic mass is 32.3. The van der Waals surface area contributed by atoms with Crippen LogP contribution in [0.4, 0.5) is 0 Å². The maximum atomic E-state index is 13.1. The van der Waals surface area contributed by atoms with E-state index in [4.69, 9.17) is 18.4 Å². The Morgan fingerprint density at radius 1 is 0.855 bits per heavy atom. The quantitative estimate of drug-likeness (QED) is 0.145. The normalized spacial score (nSPS) is 47.6. The Balaban J connectivity index is 0.833. The lowest BCUT2D eigenvalue weighted by molar-refractivity contribution is -0.408. The molecule has 4 bridgehead atoms. The molecule has 7 fully saturated rings. The number of aliphatic hydroxyl groups excluding tert-OH is 2. The van der Waals surface area contributed by atoms with Gasteiger partial charge in [-0.2, -0.15) is 8.42 Å². The van der Waals surface area contributed by atoms with Gasteiger partial charge in [-0.25, -0.2) is 4.18 Å². The summed E-state index contributed by atoms with van der Waals surface area (Å²) in [5, 5.41) is 34.1. The van der Waals surface area contributed by atoms with Crippen LogP contribution in [-0.2, 0) is 51.8 Å². The van der Waals surface area contributed by atoms with Crippen LogP contribution in [0.2, 0.25) is 0 Å². The highest BCUT2D eigenvalue weighted by molar-refractivity contribution is 7.80. The van der Waals surface area contributed by atoms with Crippen molar-refractivity contribution in [3.8, 4) is 0 Å². The average molecular weight is 977 g/mol. The summed E-state index contributed by atoms with van der Waals surface area (Å²) in [6.45, 7) is 24.6. The van der Waals surface area contributed by atoms with E-state index in [0.717, 1.165) is 69.8 Å². The number of rotatable bonds is 8. The summed E-state index contributed by atoms with van der Waals surface area (Å²) < 4.78 is 61.8. The van der Waals surface area contributed by atoms with Gasteiger partial charge >= 0.3 is 10.4 Å². The third kappa shape index (κ3) is 6.89. The number of Topliss-reactive ketones (excluding diaryl/α,β-unsaturated/α-hetero) is 1. The minimum absolute atomic E-state index is 0.0373. The van der Waals surface area contributed by atoms with Gasteiger partial charge in [-0.15, -0.1) is 0 Å². The molecule has 4 N–H and O–H groups in total. The Kier molecular flexibility index (Phi) is 11.2. The zero-order valence-corrected chi connectivity index (χ0v) is 44.3. The Labute approximate surface area is 412 Å². The lowest BCUT2D eigenvalue weighted by Crippen LogP contribution is -2.76. The van der Waals surface area contributed by atoms with Gasteiger partial charge in [0.1, 0.15) is 12.2 Å². The fourth-order valence-corrected chi connectivity index (χ4v) is 20.3. The van der Waals surface area contributed by atoms with Gasteiger partial charge in [0.2, 0.25) is 0 Å². The summed E-state index contributed by atoms with van der Waals surface area (Å²) in [6.07, 6.45) is 10.4. The first-order valence-corrected chi connectivity index (χ1v) is 28.5. The molecule has 7 aliphatic carbocycles. The SMILES string of the molecule is CC(CCC1OC(C(C)C2CCC3C4=C(CCC32C)C23COC(O)(C(O)C2)C(C)(C)C3C(OS(=O)(=O)O)C4)CC2CC1(C)OC2(C)C)C1CCC2c3ccc4c(c3CCC21C)CC(O)C(=O)C4(C)C.